The number of carbonyl (C=O) groups is 1. The lowest BCUT2D eigenvalue weighted by molar-refractivity contribution is 0.0985. The van der Waals surface area contributed by atoms with Crippen LogP contribution in [0.1, 0.15) is 35.6 Å². The Morgan fingerprint density at radius 2 is 1.73 bits per heavy atom. The van der Waals surface area contributed by atoms with Crippen LogP contribution in [-0.4, -0.2) is 53.0 Å². The maximum Gasteiger partial charge on any atom is 0.260 e. The van der Waals surface area contributed by atoms with Gasteiger partial charge in [0.1, 0.15) is 11.3 Å². The third-order valence-electron chi connectivity index (χ3n) is 5.96. The molecule has 0 spiro atoms. The number of hydrogen-bond donors (Lipinski definition) is 0. The second-order valence-corrected chi connectivity index (χ2v) is 11.4. The van der Waals surface area contributed by atoms with Crippen LogP contribution in [0, 0.1) is 25.5 Å². The van der Waals surface area contributed by atoms with Crippen molar-refractivity contribution in [3.8, 4) is 0 Å². The van der Waals surface area contributed by atoms with Gasteiger partial charge >= 0.3 is 0 Å². The smallest absolute Gasteiger partial charge is 0.260 e. The highest BCUT2D eigenvalue weighted by Gasteiger charge is 2.25. The van der Waals surface area contributed by atoms with Crippen molar-refractivity contribution in [1.82, 2.24) is 19.1 Å². The van der Waals surface area contributed by atoms with Crippen molar-refractivity contribution < 1.29 is 22.0 Å². The Hall–Kier alpha value is -3.22. The van der Waals surface area contributed by atoms with E-state index in [9.17, 15) is 22.0 Å². The normalized spacial score (nSPS) is 12.0. The van der Waals surface area contributed by atoms with Gasteiger partial charge in [-0.25, -0.2) is 22.2 Å². The molecule has 0 saturated heterocycles. The van der Waals surface area contributed by atoms with Gasteiger partial charge in [-0.2, -0.15) is 9.40 Å². The molecule has 12 heteroatoms. The fraction of sp³-hybridized carbons (Fsp3) is 0.320. The number of halogens is 2. The average Bonchev–Trinajstić information content (AvgIpc) is 3.42. The van der Waals surface area contributed by atoms with Gasteiger partial charge in [-0.15, -0.1) is 0 Å². The van der Waals surface area contributed by atoms with E-state index in [2.05, 4.69) is 10.1 Å². The predicted octanol–water partition coefficient (Wildman–Crippen LogP) is 4.77. The number of sulfonamides is 1. The molecule has 2 aromatic heterocycles. The standard InChI is InChI=1S/C25H27F2N5O3S2/c1-5-30(6-2)37(34,35)20-9-7-18(8-10-20)24(33)31(11-12-32-17(4)13-16(3)29-32)25-28-23-21(27)14-19(26)15-22(23)36-25/h7-10,13-15H,5-6,11-12H2,1-4H3. The Morgan fingerprint density at radius 1 is 1.05 bits per heavy atom. The van der Waals surface area contributed by atoms with Crippen molar-refractivity contribution in [3.63, 3.8) is 0 Å². The van der Waals surface area contributed by atoms with Gasteiger partial charge in [0.05, 0.1) is 21.8 Å². The van der Waals surface area contributed by atoms with E-state index in [-0.39, 0.29) is 32.4 Å². The van der Waals surface area contributed by atoms with Gasteiger partial charge in [-0.1, -0.05) is 25.2 Å². The SMILES string of the molecule is CCN(CC)S(=O)(=O)c1ccc(C(=O)N(CCn2nc(C)cc2C)c2nc3c(F)cc(F)cc3s2)cc1. The van der Waals surface area contributed by atoms with Gasteiger partial charge in [-0.3, -0.25) is 14.4 Å². The Morgan fingerprint density at radius 3 is 2.32 bits per heavy atom. The van der Waals surface area contributed by atoms with Crippen molar-refractivity contribution in [1.29, 1.82) is 0 Å². The van der Waals surface area contributed by atoms with Crippen LogP contribution in [0.5, 0.6) is 0 Å². The molecule has 4 aromatic rings. The molecule has 0 saturated carbocycles. The van der Waals surface area contributed by atoms with Crippen molar-refractivity contribution >= 4 is 42.6 Å². The third-order valence-corrected chi connectivity index (χ3v) is 9.05. The highest BCUT2D eigenvalue weighted by Crippen LogP contribution is 2.32. The summed E-state index contributed by atoms with van der Waals surface area (Å²) in [5, 5.41) is 4.63. The van der Waals surface area contributed by atoms with Gasteiger partial charge in [0.15, 0.2) is 10.9 Å². The van der Waals surface area contributed by atoms with E-state index in [4.69, 9.17) is 0 Å². The number of nitrogens with zero attached hydrogens (tertiary/aromatic N) is 5. The fourth-order valence-electron chi connectivity index (χ4n) is 4.08. The molecule has 2 aromatic carbocycles. The number of fused-ring (bicyclic) bond motifs is 1. The van der Waals surface area contributed by atoms with E-state index in [1.165, 1.54) is 39.5 Å². The molecule has 1 amide bonds. The molecular formula is C25H27F2N5O3S2. The molecule has 0 aliphatic rings. The van der Waals surface area contributed by atoms with Crippen LogP contribution in [0.2, 0.25) is 0 Å². The number of anilines is 1. The summed E-state index contributed by atoms with van der Waals surface area (Å²) in [4.78, 5) is 19.4. The van der Waals surface area contributed by atoms with E-state index in [1.807, 2.05) is 19.9 Å². The van der Waals surface area contributed by atoms with Crippen LogP contribution < -0.4 is 4.90 Å². The average molecular weight is 548 g/mol. The minimum absolute atomic E-state index is 0.0222. The summed E-state index contributed by atoms with van der Waals surface area (Å²) in [7, 11) is -3.68. The van der Waals surface area contributed by atoms with Gasteiger partial charge in [-0.05, 0) is 50.2 Å². The van der Waals surface area contributed by atoms with Crippen LogP contribution in [0.3, 0.4) is 0 Å². The number of amides is 1. The number of rotatable bonds is 9. The maximum absolute atomic E-state index is 14.4. The van der Waals surface area contributed by atoms with E-state index >= 15 is 0 Å². The van der Waals surface area contributed by atoms with Gasteiger partial charge in [0.25, 0.3) is 5.91 Å². The molecule has 0 fully saturated rings. The lowest BCUT2D eigenvalue weighted by atomic mass is 10.2. The Labute approximate surface area is 218 Å². The summed E-state index contributed by atoms with van der Waals surface area (Å²) in [6, 6.07) is 9.53. The number of thiazole rings is 1. The summed E-state index contributed by atoms with van der Waals surface area (Å²) in [5.41, 5.74) is 1.95. The van der Waals surface area contributed by atoms with Crippen LogP contribution in [0.15, 0.2) is 47.4 Å². The molecule has 37 heavy (non-hydrogen) atoms. The van der Waals surface area contributed by atoms with E-state index in [1.54, 1.807) is 18.5 Å². The molecule has 0 N–H and O–H groups in total. The first kappa shape index (κ1) is 26.8. The lowest BCUT2D eigenvalue weighted by Gasteiger charge is -2.21. The molecule has 0 unspecified atom stereocenters. The summed E-state index contributed by atoms with van der Waals surface area (Å²) >= 11 is 1.00. The van der Waals surface area contributed by atoms with Crippen molar-refractivity contribution in [2.24, 2.45) is 0 Å². The van der Waals surface area contributed by atoms with Gasteiger partial charge in [0, 0.05) is 37.0 Å². The predicted molar refractivity (Wildman–Crippen MR) is 139 cm³/mol. The molecular weight excluding hydrogens is 520 g/mol. The summed E-state index contributed by atoms with van der Waals surface area (Å²) < 4.78 is 57.2. The van der Waals surface area contributed by atoms with Crippen LogP contribution >= 0.6 is 11.3 Å². The topological polar surface area (TPSA) is 88.4 Å². The second kappa shape index (κ2) is 10.6. The molecule has 0 radical (unpaired) electrons. The van der Waals surface area contributed by atoms with Crippen LogP contribution in [-0.2, 0) is 16.6 Å². The summed E-state index contributed by atoms with van der Waals surface area (Å²) in [5.74, 6) is -1.99. The zero-order valence-electron chi connectivity index (χ0n) is 20.9. The highest BCUT2D eigenvalue weighted by atomic mass is 32.2. The van der Waals surface area contributed by atoms with Gasteiger partial charge in [0.2, 0.25) is 10.0 Å². The number of aromatic nitrogens is 3. The van der Waals surface area contributed by atoms with Crippen molar-refractivity contribution in [2.45, 2.75) is 39.1 Å². The molecule has 8 nitrogen and oxygen atoms in total. The summed E-state index contributed by atoms with van der Waals surface area (Å²) in [6.07, 6.45) is 0. The number of aryl methyl sites for hydroxylation is 2. The lowest BCUT2D eigenvalue weighted by Crippen LogP contribution is -2.34. The van der Waals surface area contributed by atoms with Gasteiger partial charge < -0.3 is 0 Å². The zero-order chi connectivity index (χ0) is 26.9. The maximum atomic E-state index is 14.4. The number of carbonyl (C=O) groups excluding carboxylic acids is 1. The monoisotopic (exact) mass is 547 g/mol. The van der Waals surface area contributed by atoms with E-state index < -0.39 is 27.6 Å². The fourth-order valence-corrected chi connectivity index (χ4v) is 6.57. The largest absolute Gasteiger partial charge is 0.282 e. The first-order chi connectivity index (χ1) is 17.5. The quantitative estimate of drug-likeness (QED) is 0.301. The highest BCUT2D eigenvalue weighted by molar-refractivity contribution is 7.89. The van der Waals surface area contributed by atoms with Crippen LogP contribution in [0.4, 0.5) is 13.9 Å². The van der Waals surface area contributed by atoms with E-state index in [0.29, 0.717) is 19.6 Å². The molecule has 0 bridgehead atoms. The summed E-state index contributed by atoms with van der Waals surface area (Å²) in [6.45, 7) is 8.43. The minimum Gasteiger partial charge on any atom is -0.282 e. The Bertz CT molecular complexity index is 1540. The van der Waals surface area contributed by atoms with E-state index in [0.717, 1.165) is 28.8 Å². The first-order valence-corrected chi connectivity index (χ1v) is 14.0. The molecule has 4 rings (SSSR count). The van der Waals surface area contributed by atoms with Crippen molar-refractivity contribution in [3.05, 3.63) is 71.1 Å². The molecule has 196 valence electrons. The molecule has 0 aliphatic heterocycles. The van der Waals surface area contributed by atoms with Crippen LogP contribution in [0.25, 0.3) is 10.2 Å². The second-order valence-electron chi connectivity index (χ2n) is 8.45. The molecule has 2 heterocycles. The number of hydrogen-bond acceptors (Lipinski definition) is 6. The Balaban J connectivity index is 1.70. The third kappa shape index (κ3) is 5.41. The molecule has 0 aliphatic carbocycles. The Kier molecular flexibility index (Phi) is 7.72. The zero-order valence-corrected chi connectivity index (χ0v) is 22.5. The number of benzene rings is 2. The minimum atomic E-state index is -3.68. The molecule has 0 atom stereocenters. The van der Waals surface area contributed by atoms with Crippen molar-refractivity contribution in [2.75, 3.05) is 24.5 Å². The first-order valence-electron chi connectivity index (χ1n) is 11.7.